The standard InChI is InChI=1S/C20H26N4O3/c25-18(22-16-5-6-16)13-21-19(26)14-3-7-17(8-4-14)23-9-11-24(12-10-23)20(27)15-1-2-15/h3-4,7-8,15-16H,1-2,5-6,9-13H2,(H,21,26)(H,22,25). The molecule has 0 aromatic heterocycles. The summed E-state index contributed by atoms with van der Waals surface area (Å²) < 4.78 is 0. The Morgan fingerprint density at radius 1 is 0.926 bits per heavy atom. The van der Waals surface area contributed by atoms with Crippen LogP contribution in [0.2, 0.25) is 0 Å². The quantitative estimate of drug-likeness (QED) is 0.774. The highest BCUT2D eigenvalue weighted by atomic mass is 16.2. The molecule has 3 aliphatic rings. The van der Waals surface area contributed by atoms with E-state index in [4.69, 9.17) is 0 Å². The summed E-state index contributed by atoms with van der Waals surface area (Å²) in [4.78, 5) is 40.2. The molecule has 7 nitrogen and oxygen atoms in total. The SMILES string of the molecule is O=C(CNC(=O)c1ccc(N2CCN(C(=O)C3CC3)CC2)cc1)NC1CC1. The Labute approximate surface area is 159 Å². The summed E-state index contributed by atoms with van der Waals surface area (Å²) in [7, 11) is 0. The summed E-state index contributed by atoms with van der Waals surface area (Å²) in [5, 5.41) is 5.50. The number of benzene rings is 1. The Hall–Kier alpha value is -2.57. The second kappa shape index (κ2) is 7.58. The van der Waals surface area contributed by atoms with E-state index in [9.17, 15) is 14.4 Å². The Morgan fingerprint density at radius 3 is 2.19 bits per heavy atom. The van der Waals surface area contributed by atoms with E-state index in [1.165, 1.54) is 0 Å². The van der Waals surface area contributed by atoms with Gasteiger partial charge < -0.3 is 20.4 Å². The fourth-order valence-corrected chi connectivity index (χ4v) is 3.37. The molecular formula is C20H26N4O3. The Bertz CT molecular complexity index is 717. The van der Waals surface area contributed by atoms with Gasteiger partial charge in [-0.25, -0.2) is 0 Å². The van der Waals surface area contributed by atoms with Gasteiger partial charge in [-0.05, 0) is 49.9 Å². The minimum absolute atomic E-state index is 0.00800. The molecule has 4 rings (SSSR count). The first-order valence-corrected chi connectivity index (χ1v) is 9.81. The van der Waals surface area contributed by atoms with Crippen LogP contribution in [0.25, 0.3) is 0 Å². The highest BCUT2D eigenvalue weighted by Crippen LogP contribution is 2.31. The molecule has 1 saturated heterocycles. The second-order valence-corrected chi connectivity index (χ2v) is 7.66. The van der Waals surface area contributed by atoms with Crippen LogP contribution < -0.4 is 15.5 Å². The van der Waals surface area contributed by atoms with Crippen molar-refractivity contribution in [3.8, 4) is 0 Å². The van der Waals surface area contributed by atoms with Crippen LogP contribution in [0.15, 0.2) is 24.3 Å². The van der Waals surface area contributed by atoms with Gasteiger partial charge in [0.05, 0.1) is 6.54 Å². The molecule has 0 bridgehead atoms. The third-order valence-corrected chi connectivity index (χ3v) is 5.36. The first-order valence-electron chi connectivity index (χ1n) is 9.81. The minimum Gasteiger partial charge on any atom is -0.368 e. The molecule has 0 atom stereocenters. The lowest BCUT2D eigenvalue weighted by Crippen LogP contribution is -2.49. The lowest BCUT2D eigenvalue weighted by Gasteiger charge is -2.36. The minimum atomic E-state index is -0.243. The van der Waals surface area contributed by atoms with Gasteiger partial charge in [0, 0.05) is 49.4 Å². The van der Waals surface area contributed by atoms with E-state index in [2.05, 4.69) is 15.5 Å². The number of carbonyl (C=O) groups excluding carboxylic acids is 3. The van der Waals surface area contributed by atoms with Crippen molar-refractivity contribution in [3.05, 3.63) is 29.8 Å². The average Bonchev–Trinajstić information content (AvgIpc) is 3.60. The molecule has 7 heteroatoms. The molecule has 2 saturated carbocycles. The number of anilines is 1. The van der Waals surface area contributed by atoms with Gasteiger partial charge in [0.15, 0.2) is 0 Å². The summed E-state index contributed by atoms with van der Waals surface area (Å²) >= 11 is 0. The fraction of sp³-hybridized carbons (Fsp3) is 0.550. The Balaban J connectivity index is 1.25. The zero-order valence-electron chi connectivity index (χ0n) is 15.4. The summed E-state index contributed by atoms with van der Waals surface area (Å²) in [5.41, 5.74) is 1.59. The number of amides is 3. The molecule has 2 N–H and O–H groups in total. The zero-order valence-corrected chi connectivity index (χ0v) is 15.4. The third kappa shape index (κ3) is 4.59. The number of nitrogens with one attached hydrogen (secondary N) is 2. The van der Waals surface area contributed by atoms with E-state index in [0.717, 1.165) is 57.5 Å². The molecule has 1 aromatic rings. The van der Waals surface area contributed by atoms with Gasteiger partial charge in [0.25, 0.3) is 5.91 Å². The lowest BCUT2D eigenvalue weighted by molar-refractivity contribution is -0.132. The first kappa shape index (κ1) is 17.8. The summed E-state index contributed by atoms with van der Waals surface area (Å²) in [6, 6.07) is 7.72. The van der Waals surface area contributed by atoms with Crippen LogP contribution >= 0.6 is 0 Å². The Kier molecular flexibility index (Phi) is 5.01. The molecule has 3 amide bonds. The number of hydrogen-bond donors (Lipinski definition) is 2. The molecule has 3 fully saturated rings. The van der Waals surface area contributed by atoms with Gasteiger partial charge in [0.2, 0.25) is 11.8 Å². The first-order chi connectivity index (χ1) is 13.1. The maximum Gasteiger partial charge on any atom is 0.251 e. The monoisotopic (exact) mass is 370 g/mol. The van der Waals surface area contributed by atoms with Crippen molar-refractivity contribution >= 4 is 23.4 Å². The van der Waals surface area contributed by atoms with E-state index >= 15 is 0 Å². The van der Waals surface area contributed by atoms with Crippen LogP contribution in [-0.2, 0) is 9.59 Å². The molecule has 1 aliphatic heterocycles. The van der Waals surface area contributed by atoms with Gasteiger partial charge in [0.1, 0.15) is 0 Å². The molecule has 144 valence electrons. The molecule has 1 aromatic carbocycles. The van der Waals surface area contributed by atoms with Crippen LogP contribution in [0.4, 0.5) is 5.69 Å². The van der Waals surface area contributed by atoms with Crippen LogP contribution in [0.3, 0.4) is 0 Å². The zero-order chi connectivity index (χ0) is 18.8. The molecule has 0 radical (unpaired) electrons. The van der Waals surface area contributed by atoms with Crippen molar-refractivity contribution in [2.45, 2.75) is 31.7 Å². The van der Waals surface area contributed by atoms with Crippen molar-refractivity contribution in [1.29, 1.82) is 0 Å². The van der Waals surface area contributed by atoms with Crippen LogP contribution in [0.1, 0.15) is 36.0 Å². The number of hydrogen-bond acceptors (Lipinski definition) is 4. The van der Waals surface area contributed by atoms with E-state index < -0.39 is 0 Å². The van der Waals surface area contributed by atoms with Crippen LogP contribution in [0, 0.1) is 5.92 Å². The number of rotatable bonds is 6. The van der Waals surface area contributed by atoms with Gasteiger partial charge in [-0.3, -0.25) is 14.4 Å². The molecule has 27 heavy (non-hydrogen) atoms. The van der Waals surface area contributed by atoms with Gasteiger partial charge >= 0.3 is 0 Å². The van der Waals surface area contributed by atoms with E-state index in [1.807, 2.05) is 17.0 Å². The summed E-state index contributed by atoms with van der Waals surface area (Å²) in [5.74, 6) is 0.210. The predicted molar refractivity (Wildman–Crippen MR) is 101 cm³/mol. The number of carbonyl (C=O) groups is 3. The van der Waals surface area contributed by atoms with Crippen molar-refractivity contribution in [3.63, 3.8) is 0 Å². The molecule has 2 aliphatic carbocycles. The highest BCUT2D eigenvalue weighted by molar-refractivity contribution is 5.96. The number of nitrogens with zero attached hydrogens (tertiary/aromatic N) is 2. The molecule has 0 spiro atoms. The predicted octanol–water partition coefficient (Wildman–Crippen LogP) is 0.754. The third-order valence-electron chi connectivity index (χ3n) is 5.36. The maximum absolute atomic E-state index is 12.2. The summed E-state index contributed by atoms with van der Waals surface area (Å²) in [6.07, 6.45) is 4.16. The molecule has 0 unspecified atom stereocenters. The van der Waals surface area contributed by atoms with E-state index in [0.29, 0.717) is 17.5 Å². The lowest BCUT2D eigenvalue weighted by atomic mass is 10.1. The topological polar surface area (TPSA) is 81.8 Å². The maximum atomic E-state index is 12.2. The fourth-order valence-electron chi connectivity index (χ4n) is 3.37. The molecule has 1 heterocycles. The number of piperazine rings is 1. The van der Waals surface area contributed by atoms with Crippen molar-refractivity contribution < 1.29 is 14.4 Å². The highest BCUT2D eigenvalue weighted by Gasteiger charge is 2.34. The van der Waals surface area contributed by atoms with Crippen molar-refractivity contribution in [2.24, 2.45) is 5.92 Å². The largest absolute Gasteiger partial charge is 0.368 e. The Morgan fingerprint density at radius 2 is 1.59 bits per heavy atom. The second-order valence-electron chi connectivity index (χ2n) is 7.66. The van der Waals surface area contributed by atoms with Gasteiger partial charge in [-0.2, -0.15) is 0 Å². The van der Waals surface area contributed by atoms with E-state index in [1.54, 1.807) is 12.1 Å². The normalized spacial score (nSPS) is 19.6. The van der Waals surface area contributed by atoms with Crippen LogP contribution in [0.5, 0.6) is 0 Å². The van der Waals surface area contributed by atoms with Crippen molar-refractivity contribution in [1.82, 2.24) is 15.5 Å². The summed E-state index contributed by atoms with van der Waals surface area (Å²) in [6.45, 7) is 3.14. The average molecular weight is 370 g/mol. The van der Waals surface area contributed by atoms with Gasteiger partial charge in [-0.1, -0.05) is 0 Å². The van der Waals surface area contributed by atoms with Crippen molar-refractivity contribution in [2.75, 3.05) is 37.6 Å². The smallest absolute Gasteiger partial charge is 0.251 e. The van der Waals surface area contributed by atoms with Crippen LogP contribution in [-0.4, -0.2) is 61.4 Å². The van der Waals surface area contributed by atoms with Gasteiger partial charge in [-0.15, -0.1) is 0 Å². The molecular weight excluding hydrogens is 344 g/mol. The van der Waals surface area contributed by atoms with E-state index in [-0.39, 0.29) is 24.3 Å².